The van der Waals surface area contributed by atoms with Gasteiger partial charge in [-0.2, -0.15) is 5.10 Å². The molecule has 0 bridgehead atoms. The molecule has 3 rings (SSSR count). The van der Waals surface area contributed by atoms with Crippen LogP contribution in [0, 0.1) is 24.0 Å². The van der Waals surface area contributed by atoms with Crippen molar-refractivity contribution in [1.29, 1.82) is 0 Å². The van der Waals surface area contributed by atoms with Gasteiger partial charge in [-0.3, -0.25) is 24.4 Å². The van der Waals surface area contributed by atoms with Crippen LogP contribution in [0.5, 0.6) is 0 Å². The molecule has 9 nitrogen and oxygen atoms in total. The van der Waals surface area contributed by atoms with Gasteiger partial charge >= 0.3 is 11.7 Å². The molecule has 1 aliphatic carbocycles. The maximum absolute atomic E-state index is 12.3. The Kier molecular flexibility index (Phi) is 5.43. The molecule has 1 atom stereocenters. The minimum atomic E-state index is -1.01. The van der Waals surface area contributed by atoms with Crippen LogP contribution in [-0.4, -0.2) is 32.7 Å². The number of hydrogen-bond acceptors (Lipinski definition) is 6. The van der Waals surface area contributed by atoms with Gasteiger partial charge in [-0.15, -0.1) is 0 Å². The van der Waals surface area contributed by atoms with E-state index >= 15 is 0 Å². The summed E-state index contributed by atoms with van der Waals surface area (Å²) in [5.41, 5.74) is 3.55. The van der Waals surface area contributed by atoms with Crippen LogP contribution < -0.4 is 5.32 Å². The summed E-state index contributed by atoms with van der Waals surface area (Å²) in [4.78, 5) is 35.0. The number of carbonyl (C=O) groups excluding carboxylic acids is 2. The Morgan fingerprint density at radius 3 is 2.71 bits per heavy atom. The van der Waals surface area contributed by atoms with Crippen molar-refractivity contribution in [1.82, 2.24) is 9.78 Å². The third kappa shape index (κ3) is 4.03. The normalized spacial score (nSPS) is 13.7. The van der Waals surface area contributed by atoms with Gasteiger partial charge in [0, 0.05) is 5.69 Å². The van der Waals surface area contributed by atoms with Gasteiger partial charge in [0.15, 0.2) is 6.10 Å². The predicted octanol–water partition coefficient (Wildman–Crippen LogP) is 2.47. The lowest BCUT2D eigenvalue weighted by Crippen LogP contribution is -2.31. The Balaban J connectivity index is 1.59. The topological polar surface area (TPSA) is 116 Å². The van der Waals surface area contributed by atoms with Crippen molar-refractivity contribution in [2.75, 3.05) is 5.32 Å². The monoisotopic (exact) mass is 386 g/mol. The van der Waals surface area contributed by atoms with E-state index in [1.807, 2.05) is 18.2 Å². The molecule has 0 saturated heterocycles. The number of nitrogens with zero attached hydrogens (tertiary/aromatic N) is 3. The van der Waals surface area contributed by atoms with E-state index < -0.39 is 22.9 Å². The number of aromatic nitrogens is 2. The van der Waals surface area contributed by atoms with Gasteiger partial charge in [-0.05, 0) is 63.3 Å². The fourth-order valence-electron chi connectivity index (χ4n) is 3.41. The molecule has 0 saturated carbocycles. The number of aryl methyl sites for hydroxylation is 3. The highest BCUT2D eigenvalue weighted by atomic mass is 16.6. The van der Waals surface area contributed by atoms with Crippen molar-refractivity contribution in [3.8, 4) is 0 Å². The number of rotatable bonds is 6. The number of benzene rings is 1. The van der Waals surface area contributed by atoms with E-state index in [1.54, 1.807) is 0 Å². The van der Waals surface area contributed by atoms with Gasteiger partial charge in [0.25, 0.3) is 5.91 Å². The average Bonchev–Trinajstić information content (AvgIpc) is 3.18. The smallest absolute Gasteiger partial charge is 0.328 e. The zero-order chi connectivity index (χ0) is 20.4. The minimum absolute atomic E-state index is 0.129. The van der Waals surface area contributed by atoms with E-state index in [1.165, 1.54) is 36.6 Å². The molecule has 2 aromatic rings. The summed E-state index contributed by atoms with van der Waals surface area (Å²) in [5, 5.41) is 17.8. The second kappa shape index (κ2) is 7.79. The number of amides is 1. The zero-order valence-electron chi connectivity index (χ0n) is 16.0. The van der Waals surface area contributed by atoms with Crippen molar-refractivity contribution in [2.45, 2.75) is 52.7 Å². The number of fused-ring (bicyclic) bond motifs is 1. The van der Waals surface area contributed by atoms with E-state index in [2.05, 4.69) is 10.4 Å². The standard InChI is InChI=1S/C19H22N4O5/c1-11-18(23(26)27)12(2)22(21-11)10-17(24)28-13(3)19(25)20-16-8-7-14-5-4-6-15(14)9-16/h7-9,13H,4-6,10H2,1-3H3,(H,20,25)/t13-/m1/s1. The van der Waals surface area contributed by atoms with E-state index in [4.69, 9.17) is 4.74 Å². The Morgan fingerprint density at radius 2 is 2.04 bits per heavy atom. The summed E-state index contributed by atoms with van der Waals surface area (Å²) in [6, 6.07) is 5.79. The summed E-state index contributed by atoms with van der Waals surface area (Å²) in [7, 11) is 0. The number of hydrogen-bond donors (Lipinski definition) is 1. The van der Waals surface area contributed by atoms with Crippen LogP contribution in [0.1, 0.15) is 35.9 Å². The van der Waals surface area contributed by atoms with Crippen molar-refractivity contribution < 1.29 is 19.2 Å². The first-order valence-corrected chi connectivity index (χ1v) is 9.06. The summed E-state index contributed by atoms with van der Waals surface area (Å²) in [6.45, 7) is 4.18. The lowest BCUT2D eigenvalue weighted by Gasteiger charge is -2.14. The highest BCUT2D eigenvalue weighted by Gasteiger charge is 2.25. The molecule has 28 heavy (non-hydrogen) atoms. The third-order valence-electron chi connectivity index (χ3n) is 4.85. The first-order chi connectivity index (χ1) is 13.3. The molecule has 0 radical (unpaired) electrons. The molecule has 0 unspecified atom stereocenters. The molecule has 0 aliphatic heterocycles. The van der Waals surface area contributed by atoms with Crippen LogP contribution in [0.3, 0.4) is 0 Å². The number of ether oxygens (including phenoxy) is 1. The number of carbonyl (C=O) groups is 2. The van der Waals surface area contributed by atoms with Crippen LogP contribution in [0.25, 0.3) is 0 Å². The van der Waals surface area contributed by atoms with E-state index in [0.29, 0.717) is 5.69 Å². The molecule has 1 aromatic carbocycles. The number of anilines is 1. The lowest BCUT2D eigenvalue weighted by molar-refractivity contribution is -0.386. The predicted molar refractivity (Wildman–Crippen MR) is 101 cm³/mol. The summed E-state index contributed by atoms with van der Waals surface area (Å²) in [5.74, 6) is -1.14. The van der Waals surface area contributed by atoms with E-state index in [0.717, 1.165) is 19.3 Å². The molecule has 1 aromatic heterocycles. The Bertz CT molecular complexity index is 950. The molecule has 1 amide bonds. The Morgan fingerprint density at radius 1 is 1.32 bits per heavy atom. The maximum Gasteiger partial charge on any atom is 0.328 e. The van der Waals surface area contributed by atoms with Crippen LogP contribution in [0.15, 0.2) is 18.2 Å². The fourth-order valence-corrected chi connectivity index (χ4v) is 3.41. The zero-order valence-corrected chi connectivity index (χ0v) is 16.0. The molecule has 0 spiro atoms. The maximum atomic E-state index is 12.3. The molecule has 9 heteroatoms. The molecule has 1 heterocycles. The SMILES string of the molecule is Cc1nn(CC(=O)O[C@H](C)C(=O)Nc2ccc3c(c2)CCC3)c(C)c1[N+](=O)[O-]. The van der Waals surface area contributed by atoms with Crippen molar-refractivity contribution >= 4 is 23.3 Å². The van der Waals surface area contributed by atoms with Crippen molar-refractivity contribution in [3.05, 3.63) is 50.8 Å². The molecule has 1 N–H and O–H groups in total. The number of nitro groups is 1. The second-order valence-electron chi connectivity index (χ2n) is 6.89. The molecule has 1 aliphatic rings. The van der Waals surface area contributed by atoms with E-state index in [-0.39, 0.29) is 23.6 Å². The second-order valence-corrected chi connectivity index (χ2v) is 6.89. The van der Waals surface area contributed by atoms with Gasteiger partial charge in [0.1, 0.15) is 17.9 Å². The first-order valence-electron chi connectivity index (χ1n) is 9.06. The average molecular weight is 386 g/mol. The number of nitrogens with one attached hydrogen (secondary N) is 1. The number of esters is 1. The van der Waals surface area contributed by atoms with Gasteiger partial charge in [0.05, 0.1) is 4.92 Å². The highest BCUT2D eigenvalue weighted by Crippen LogP contribution is 2.25. The van der Waals surface area contributed by atoms with Crippen LogP contribution >= 0.6 is 0 Å². The van der Waals surface area contributed by atoms with Gasteiger partial charge < -0.3 is 10.1 Å². The van der Waals surface area contributed by atoms with Crippen LogP contribution in [-0.2, 0) is 33.7 Å². The minimum Gasteiger partial charge on any atom is -0.451 e. The summed E-state index contributed by atoms with van der Waals surface area (Å²) < 4.78 is 6.37. The van der Waals surface area contributed by atoms with Gasteiger partial charge in [0.2, 0.25) is 0 Å². The third-order valence-corrected chi connectivity index (χ3v) is 4.85. The van der Waals surface area contributed by atoms with Gasteiger partial charge in [-0.1, -0.05) is 6.07 Å². The van der Waals surface area contributed by atoms with Crippen LogP contribution in [0.2, 0.25) is 0 Å². The van der Waals surface area contributed by atoms with E-state index in [9.17, 15) is 19.7 Å². The Labute approximate surface area is 161 Å². The molecular formula is C19H22N4O5. The highest BCUT2D eigenvalue weighted by molar-refractivity contribution is 5.95. The molecule has 148 valence electrons. The fraction of sp³-hybridized carbons (Fsp3) is 0.421. The molecular weight excluding hydrogens is 364 g/mol. The largest absolute Gasteiger partial charge is 0.451 e. The Hall–Kier alpha value is -3.23. The lowest BCUT2D eigenvalue weighted by atomic mass is 10.1. The first kappa shape index (κ1) is 19.5. The van der Waals surface area contributed by atoms with Crippen molar-refractivity contribution in [2.24, 2.45) is 0 Å². The molecule has 0 fully saturated rings. The summed E-state index contributed by atoms with van der Waals surface area (Å²) >= 11 is 0. The quantitative estimate of drug-likeness (QED) is 0.463. The van der Waals surface area contributed by atoms with Crippen molar-refractivity contribution in [3.63, 3.8) is 0 Å². The van der Waals surface area contributed by atoms with Crippen LogP contribution in [0.4, 0.5) is 11.4 Å². The summed E-state index contributed by atoms with van der Waals surface area (Å²) in [6.07, 6.45) is 2.17. The van der Waals surface area contributed by atoms with Gasteiger partial charge in [-0.25, -0.2) is 0 Å².